The molecule has 0 unspecified atom stereocenters. The van der Waals surface area contributed by atoms with Gasteiger partial charge in [-0.2, -0.15) is 8.78 Å². The van der Waals surface area contributed by atoms with Crippen LogP contribution in [0.3, 0.4) is 0 Å². The number of aliphatic hydroxyl groups excluding tert-OH is 1. The Labute approximate surface area is 574 Å². The number of thiazole rings is 1. The van der Waals surface area contributed by atoms with E-state index in [1.54, 1.807) is 74.8 Å². The maximum atomic E-state index is 14.9. The Morgan fingerprint density at radius 2 is 1.34 bits per heavy atom. The molecule has 2 heterocycles. The number of alkyl halides is 2. The van der Waals surface area contributed by atoms with Crippen LogP contribution in [0.1, 0.15) is 115 Å². The number of phenols is 1. The van der Waals surface area contributed by atoms with E-state index in [0.717, 1.165) is 56.0 Å². The first-order chi connectivity index (χ1) is 45.9. The second-order valence-electron chi connectivity index (χ2n) is 25.0. The van der Waals surface area contributed by atoms with Crippen LogP contribution in [0.2, 0.25) is 0 Å². The highest BCUT2D eigenvalue weighted by Crippen LogP contribution is 2.59. The monoisotopic (exact) mass is 1440 g/mol. The summed E-state index contributed by atoms with van der Waals surface area (Å²) in [5.41, 5.74) is 0.534. The number of hydrogen-bond acceptors (Lipinski definition) is 14. The molecule has 1 fully saturated rings. The molecule has 0 saturated carbocycles. The molecular weight excluding hydrogens is 1360 g/mol. The Kier molecular flexibility index (Phi) is 27.1. The lowest BCUT2D eigenvalue weighted by Crippen LogP contribution is -2.58. The van der Waals surface area contributed by atoms with Gasteiger partial charge < -0.3 is 66.9 Å². The standard InChI is InChI=1S/C69H83BrF2N9O14PS/c1-41-18-24-48(36-51(41)70)62(86)73-30-12-10-16-52(63(87)74-31-13-11-17-58(84)80-61(68(3,4)5)67(91)81-39-50(82)37-55(81)66(90)75-38-45-19-25-47(26-20-45)60-42(2)76-40-97-60)78-65(89)54(33-44-21-27-49(28-22-44)69(71,72)96(92,93)94)79-64(88)53(32-43-14-8-7-9-15-43)77-59(85)35-46-23-29-56(83)57(34-46)95-6/h7-9,14-15,18-29,34,36,40,50,52-55,61,82-83H,10-13,16-17,30-33,35,37-39H2,1-6H3,(H,73,86)(H,74,87)(H,75,90)(H,77,85)(H,78,89)(H,79,88)(H,80,84)(H2,92,93,94)/t50-,52-,53-,54-,55+,61-/m0/s1. The molecule has 5 aromatic carbocycles. The maximum Gasteiger partial charge on any atom is 0.399 e. The number of benzene rings is 5. The number of aromatic nitrogens is 1. The van der Waals surface area contributed by atoms with Gasteiger partial charge in [0.15, 0.2) is 11.5 Å². The normalized spacial score (nSPS) is 15.2. The second-order valence-corrected chi connectivity index (χ2v) is 28.4. The van der Waals surface area contributed by atoms with Crippen molar-refractivity contribution in [1.29, 1.82) is 0 Å². The zero-order valence-corrected chi connectivity index (χ0v) is 58.0. The van der Waals surface area contributed by atoms with Crippen molar-refractivity contribution >= 4 is 82.1 Å². The predicted molar refractivity (Wildman–Crippen MR) is 364 cm³/mol. The van der Waals surface area contributed by atoms with E-state index in [1.807, 2.05) is 38.1 Å². The van der Waals surface area contributed by atoms with E-state index in [1.165, 1.54) is 41.5 Å². The molecule has 1 aromatic heterocycles. The van der Waals surface area contributed by atoms with Crippen molar-refractivity contribution in [3.05, 3.63) is 170 Å². The Morgan fingerprint density at radius 3 is 1.97 bits per heavy atom. The van der Waals surface area contributed by atoms with Gasteiger partial charge in [-0.1, -0.05) is 128 Å². The first kappa shape index (κ1) is 75.9. The molecule has 0 radical (unpaired) electrons. The van der Waals surface area contributed by atoms with Crippen molar-refractivity contribution in [3.63, 3.8) is 0 Å². The lowest BCUT2D eigenvalue weighted by Gasteiger charge is -2.35. The fourth-order valence-corrected chi connectivity index (χ4v) is 12.5. The van der Waals surface area contributed by atoms with Crippen LogP contribution in [0.4, 0.5) is 8.78 Å². The van der Waals surface area contributed by atoms with Gasteiger partial charge in [-0.05, 0) is 109 Å². The van der Waals surface area contributed by atoms with E-state index >= 15 is 0 Å². The summed E-state index contributed by atoms with van der Waals surface area (Å²) in [6, 6.07) is 23.0. The number of aryl methyl sites for hydroxylation is 2. The van der Waals surface area contributed by atoms with E-state index in [9.17, 15) is 71.7 Å². The summed E-state index contributed by atoms with van der Waals surface area (Å²) >= 11 is 4.97. The van der Waals surface area contributed by atoms with Crippen LogP contribution in [0, 0.1) is 19.3 Å². The quantitative estimate of drug-likeness (QED) is 0.0146. The molecule has 1 aliphatic heterocycles. The van der Waals surface area contributed by atoms with Gasteiger partial charge in [-0.15, -0.1) is 11.3 Å². The van der Waals surface area contributed by atoms with Crippen molar-refractivity contribution in [2.24, 2.45) is 5.41 Å². The minimum Gasteiger partial charge on any atom is -0.504 e. The number of β-amino-alcohol motifs (C(OH)–C–C–N with tert-alkyl or cyclic N) is 1. The number of aromatic hydroxyl groups is 1. The number of likely N-dealkylation sites (tertiary alicyclic amines) is 1. The molecule has 6 atom stereocenters. The second kappa shape index (κ2) is 34.7. The van der Waals surface area contributed by atoms with E-state index < -0.39 is 108 Å². The van der Waals surface area contributed by atoms with Crippen molar-refractivity contribution < 1.29 is 76.4 Å². The van der Waals surface area contributed by atoms with E-state index in [-0.39, 0.29) is 101 Å². The Balaban J connectivity index is 1.03. The molecule has 11 N–H and O–H groups in total. The average Bonchev–Trinajstić information content (AvgIpc) is 1.77. The first-order valence-corrected chi connectivity index (χ1v) is 34.9. The van der Waals surface area contributed by atoms with Gasteiger partial charge in [-0.25, -0.2) is 4.98 Å². The summed E-state index contributed by atoms with van der Waals surface area (Å²) in [4.78, 5) is 138. The number of methoxy groups -OCH3 is 1. The summed E-state index contributed by atoms with van der Waals surface area (Å²) in [6.07, 6.45) is -0.887. The number of carbonyl (C=O) groups is 8. The number of nitrogens with one attached hydrogen (secondary N) is 7. The first-order valence-electron chi connectivity index (χ1n) is 31.6. The smallest absolute Gasteiger partial charge is 0.399 e. The van der Waals surface area contributed by atoms with Crippen LogP contribution in [0.25, 0.3) is 10.4 Å². The molecule has 1 saturated heterocycles. The lowest BCUT2D eigenvalue weighted by molar-refractivity contribution is -0.144. The van der Waals surface area contributed by atoms with Gasteiger partial charge >= 0.3 is 13.3 Å². The number of aliphatic hydroxyl groups is 1. The van der Waals surface area contributed by atoms with E-state index in [4.69, 9.17) is 4.74 Å². The van der Waals surface area contributed by atoms with Crippen molar-refractivity contribution in [2.75, 3.05) is 26.7 Å². The van der Waals surface area contributed by atoms with Gasteiger partial charge in [0, 0.05) is 67.5 Å². The fraction of sp³-hybridized carbons (Fsp3) is 0.406. The zero-order valence-electron chi connectivity index (χ0n) is 54.7. The minimum atomic E-state index is -5.98. The molecule has 97 heavy (non-hydrogen) atoms. The number of unbranched alkanes of at least 4 members (excludes halogenated alkanes) is 2. The number of hydrogen-bond donors (Lipinski definition) is 11. The number of halogens is 3. The van der Waals surface area contributed by atoms with Crippen molar-refractivity contribution in [3.8, 4) is 21.9 Å². The van der Waals surface area contributed by atoms with Crippen molar-refractivity contribution in [2.45, 2.75) is 147 Å². The maximum absolute atomic E-state index is 14.9. The number of ether oxygens (including phenoxy) is 1. The molecule has 0 aliphatic carbocycles. The number of rotatable bonds is 32. The molecule has 8 amide bonds. The topological polar surface area (TPSA) is 344 Å². The zero-order chi connectivity index (χ0) is 70.8. The van der Waals surface area contributed by atoms with Gasteiger partial charge in [0.25, 0.3) is 5.91 Å². The van der Waals surface area contributed by atoms with E-state index in [2.05, 4.69) is 58.1 Å². The van der Waals surface area contributed by atoms with Gasteiger partial charge in [0.1, 0.15) is 30.2 Å². The van der Waals surface area contributed by atoms with Crippen LogP contribution in [0.15, 0.2) is 125 Å². The largest absolute Gasteiger partial charge is 0.504 e. The summed E-state index contributed by atoms with van der Waals surface area (Å²) in [5.74, 6) is -5.05. The number of carbonyl (C=O) groups excluding carboxylic acids is 8. The summed E-state index contributed by atoms with van der Waals surface area (Å²) in [5, 5.41) is 40.5. The molecule has 23 nitrogen and oxygen atoms in total. The third-order valence-corrected chi connectivity index (χ3v) is 19.2. The molecule has 520 valence electrons. The van der Waals surface area contributed by atoms with Crippen LogP contribution < -0.4 is 42.0 Å². The lowest BCUT2D eigenvalue weighted by atomic mass is 9.85. The Morgan fingerprint density at radius 1 is 0.722 bits per heavy atom. The van der Waals surface area contributed by atoms with Crippen LogP contribution in [-0.4, -0.2) is 140 Å². The van der Waals surface area contributed by atoms with Crippen molar-refractivity contribution in [1.82, 2.24) is 47.1 Å². The number of phenolic OH excluding ortho intramolecular Hbond substituents is 1. The third kappa shape index (κ3) is 21.8. The number of amides is 8. The molecule has 0 spiro atoms. The number of nitrogens with zero attached hydrogens (tertiary/aromatic N) is 2. The van der Waals surface area contributed by atoms with Gasteiger partial charge in [-0.3, -0.25) is 42.9 Å². The molecule has 7 rings (SSSR count). The van der Waals surface area contributed by atoms with Crippen LogP contribution in [0.5, 0.6) is 11.5 Å². The summed E-state index contributed by atoms with van der Waals surface area (Å²) in [6.45, 7) is 9.29. The van der Waals surface area contributed by atoms with Gasteiger partial charge in [0.2, 0.25) is 41.4 Å². The van der Waals surface area contributed by atoms with Gasteiger partial charge in [0.05, 0.1) is 35.7 Å². The molecule has 6 aromatic rings. The highest BCUT2D eigenvalue weighted by atomic mass is 79.9. The predicted octanol–water partition coefficient (Wildman–Crippen LogP) is 7.31. The van der Waals surface area contributed by atoms with E-state index in [0.29, 0.717) is 23.1 Å². The molecule has 0 bridgehead atoms. The highest BCUT2D eigenvalue weighted by molar-refractivity contribution is 9.10. The minimum absolute atomic E-state index is 0.00527. The fourth-order valence-electron chi connectivity index (χ4n) is 10.9. The van der Waals surface area contributed by atoms with Crippen LogP contribution in [-0.2, 0) is 69.6 Å². The Hall–Kier alpha value is -8.46. The Bertz CT molecular complexity index is 3800. The average molecular weight is 1440 g/mol. The molecule has 28 heteroatoms. The molecular formula is C69H83BrF2N9O14PS. The third-order valence-electron chi connectivity index (χ3n) is 16.4. The molecule has 1 aliphatic rings. The summed E-state index contributed by atoms with van der Waals surface area (Å²) < 4.78 is 47.4. The SMILES string of the molecule is COc1cc(CC(=O)N[C@@H](Cc2ccccc2)C(=O)N[C@@H](Cc2ccc(C(F)(F)P(=O)(O)O)cc2)C(=O)N[C@@H](CCCCNC(=O)c2ccc(C)c(Br)c2)C(=O)NCCCCC(=O)N[C@@H](C(=O)N2C[C@@H](O)C[C@@H]2C(=O)NCc2ccc(-c3scnc3C)cc2)C(C)(C)C)ccc1O. The summed E-state index contributed by atoms with van der Waals surface area (Å²) in [7, 11) is -4.65. The highest BCUT2D eigenvalue weighted by Gasteiger charge is 2.50. The van der Waals surface area contributed by atoms with Crippen LogP contribution >= 0.6 is 34.9 Å².